The van der Waals surface area contributed by atoms with E-state index in [9.17, 15) is 9.59 Å². The van der Waals surface area contributed by atoms with E-state index in [1.807, 2.05) is 25.7 Å². The van der Waals surface area contributed by atoms with Crippen molar-refractivity contribution in [2.24, 2.45) is 0 Å². The smallest absolute Gasteiger partial charge is 0.317 e. The van der Waals surface area contributed by atoms with Crippen molar-refractivity contribution in [3.05, 3.63) is 0 Å². The lowest BCUT2D eigenvalue weighted by Gasteiger charge is -2.42. The Morgan fingerprint density at radius 1 is 1.38 bits per heavy atom. The van der Waals surface area contributed by atoms with Gasteiger partial charge in [-0.05, 0) is 33.2 Å². The lowest BCUT2D eigenvalue weighted by Crippen LogP contribution is -2.56. The van der Waals surface area contributed by atoms with Crippen molar-refractivity contribution >= 4 is 12.0 Å². The van der Waals surface area contributed by atoms with Gasteiger partial charge in [0.1, 0.15) is 0 Å². The summed E-state index contributed by atoms with van der Waals surface area (Å²) in [4.78, 5) is 24.3. The Balaban J connectivity index is 2.13. The standard InChI is InChI=1S/C14H27N3O4/c1-4-17(9-13(18)19)12-7-11(8-12)16-14(20)15-5-6-21-10(2)3/h10-12H,4-9H2,1-3H3,(H,18,19)(H2,15,16,20). The van der Waals surface area contributed by atoms with Crippen LogP contribution in [-0.2, 0) is 9.53 Å². The van der Waals surface area contributed by atoms with Crippen LogP contribution in [0.5, 0.6) is 0 Å². The molecule has 0 aromatic rings. The molecule has 21 heavy (non-hydrogen) atoms. The van der Waals surface area contributed by atoms with Gasteiger partial charge in [0, 0.05) is 18.6 Å². The number of carbonyl (C=O) groups is 2. The van der Waals surface area contributed by atoms with Gasteiger partial charge in [-0.15, -0.1) is 0 Å². The Labute approximate surface area is 126 Å². The van der Waals surface area contributed by atoms with Crippen LogP contribution in [0.1, 0.15) is 33.6 Å². The van der Waals surface area contributed by atoms with Gasteiger partial charge in [-0.2, -0.15) is 0 Å². The monoisotopic (exact) mass is 301 g/mol. The summed E-state index contributed by atoms with van der Waals surface area (Å²) >= 11 is 0. The van der Waals surface area contributed by atoms with Gasteiger partial charge in [-0.1, -0.05) is 6.92 Å². The van der Waals surface area contributed by atoms with Crippen LogP contribution >= 0.6 is 0 Å². The molecular formula is C14H27N3O4. The zero-order chi connectivity index (χ0) is 15.8. The van der Waals surface area contributed by atoms with Gasteiger partial charge in [0.2, 0.25) is 0 Å². The number of carbonyl (C=O) groups excluding carboxylic acids is 1. The van der Waals surface area contributed by atoms with Crippen molar-refractivity contribution in [3.8, 4) is 0 Å². The highest BCUT2D eigenvalue weighted by molar-refractivity contribution is 5.74. The van der Waals surface area contributed by atoms with Crippen molar-refractivity contribution < 1.29 is 19.4 Å². The molecule has 7 heteroatoms. The third-order valence-electron chi connectivity index (χ3n) is 3.55. The second-order valence-electron chi connectivity index (χ2n) is 5.60. The molecule has 1 aliphatic rings. The summed E-state index contributed by atoms with van der Waals surface area (Å²) in [5.41, 5.74) is 0. The van der Waals surface area contributed by atoms with Crippen molar-refractivity contribution in [1.29, 1.82) is 0 Å². The average molecular weight is 301 g/mol. The molecule has 0 aromatic carbocycles. The molecule has 122 valence electrons. The van der Waals surface area contributed by atoms with E-state index in [4.69, 9.17) is 9.84 Å². The van der Waals surface area contributed by atoms with Gasteiger partial charge in [0.05, 0.1) is 19.3 Å². The van der Waals surface area contributed by atoms with Crippen LogP contribution < -0.4 is 10.6 Å². The predicted molar refractivity (Wildman–Crippen MR) is 79.3 cm³/mol. The molecule has 1 saturated carbocycles. The maximum atomic E-state index is 11.6. The summed E-state index contributed by atoms with van der Waals surface area (Å²) in [7, 11) is 0. The van der Waals surface area contributed by atoms with E-state index in [0.717, 1.165) is 12.8 Å². The fourth-order valence-electron chi connectivity index (χ4n) is 2.37. The number of nitrogens with zero attached hydrogens (tertiary/aromatic N) is 1. The Kier molecular flexibility index (Phi) is 7.45. The molecule has 0 atom stereocenters. The molecule has 2 amide bonds. The lowest BCUT2D eigenvalue weighted by atomic mass is 9.85. The molecule has 0 spiro atoms. The molecule has 1 fully saturated rings. The number of rotatable bonds is 9. The number of ether oxygens (including phenoxy) is 1. The summed E-state index contributed by atoms with van der Waals surface area (Å²) < 4.78 is 5.33. The second kappa shape index (κ2) is 8.84. The van der Waals surface area contributed by atoms with Crippen molar-refractivity contribution in [2.45, 2.75) is 51.8 Å². The number of urea groups is 1. The molecule has 1 aliphatic carbocycles. The highest BCUT2D eigenvalue weighted by Gasteiger charge is 2.34. The van der Waals surface area contributed by atoms with E-state index in [-0.39, 0.29) is 30.8 Å². The van der Waals surface area contributed by atoms with Gasteiger partial charge < -0.3 is 20.5 Å². The number of aliphatic carboxylic acids is 1. The van der Waals surface area contributed by atoms with Crippen LogP contribution in [-0.4, -0.2) is 66.4 Å². The number of carboxylic acid groups (broad SMARTS) is 1. The predicted octanol–water partition coefficient (Wildman–Crippen LogP) is 0.648. The number of carboxylic acids is 1. The van der Waals surface area contributed by atoms with Gasteiger partial charge in [-0.25, -0.2) is 4.79 Å². The first kappa shape index (κ1) is 17.7. The van der Waals surface area contributed by atoms with E-state index >= 15 is 0 Å². The Bertz CT molecular complexity index is 343. The molecule has 7 nitrogen and oxygen atoms in total. The molecule has 1 rings (SSSR count). The molecule has 0 aliphatic heterocycles. The summed E-state index contributed by atoms with van der Waals surface area (Å²) in [5.74, 6) is -0.809. The number of amides is 2. The molecule has 0 unspecified atom stereocenters. The molecule has 0 radical (unpaired) electrons. The first-order valence-electron chi connectivity index (χ1n) is 7.54. The highest BCUT2D eigenvalue weighted by Crippen LogP contribution is 2.25. The highest BCUT2D eigenvalue weighted by atomic mass is 16.5. The lowest BCUT2D eigenvalue weighted by molar-refractivity contribution is -0.139. The summed E-state index contributed by atoms with van der Waals surface area (Å²) in [6.07, 6.45) is 1.77. The maximum Gasteiger partial charge on any atom is 0.317 e. The molecule has 0 saturated heterocycles. The van der Waals surface area contributed by atoms with Crippen molar-refractivity contribution in [1.82, 2.24) is 15.5 Å². The van der Waals surface area contributed by atoms with Gasteiger partial charge in [0.15, 0.2) is 0 Å². The van der Waals surface area contributed by atoms with E-state index in [2.05, 4.69) is 10.6 Å². The molecule has 0 aromatic heterocycles. The van der Waals surface area contributed by atoms with Crippen LogP contribution in [0.2, 0.25) is 0 Å². The van der Waals surface area contributed by atoms with Crippen molar-refractivity contribution in [2.75, 3.05) is 26.2 Å². The van der Waals surface area contributed by atoms with E-state index < -0.39 is 5.97 Å². The van der Waals surface area contributed by atoms with Crippen LogP contribution in [0.3, 0.4) is 0 Å². The number of nitrogens with one attached hydrogen (secondary N) is 2. The molecule has 0 heterocycles. The minimum absolute atomic E-state index is 0.0621. The third kappa shape index (κ3) is 6.77. The zero-order valence-electron chi connectivity index (χ0n) is 13.1. The first-order chi connectivity index (χ1) is 9.92. The normalized spacial score (nSPS) is 21.2. The van der Waals surface area contributed by atoms with Crippen LogP contribution in [0, 0.1) is 0 Å². The fraction of sp³-hybridized carbons (Fsp3) is 0.857. The van der Waals surface area contributed by atoms with Gasteiger partial charge in [0.25, 0.3) is 0 Å². The Morgan fingerprint density at radius 2 is 2.05 bits per heavy atom. The number of hydrogen-bond donors (Lipinski definition) is 3. The topological polar surface area (TPSA) is 90.9 Å². The molecular weight excluding hydrogens is 274 g/mol. The van der Waals surface area contributed by atoms with Crippen LogP contribution in [0.25, 0.3) is 0 Å². The summed E-state index contributed by atoms with van der Waals surface area (Å²) in [6, 6.07) is 0.191. The minimum Gasteiger partial charge on any atom is -0.480 e. The second-order valence-corrected chi connectivity index (χ2v) is 5.60. The SMILES string of the molecule is CCN(CC(=O)O)C1CC(NC(=O)NCCOC(C)C)C1. The average Bonchev–Trinajstić information content (AvgIpc) is 2.35. The first-order valence-corrected chi connectivity index (χ1v) is 7.54. The van der Waals surface area contributed by atoms with Gasteiger partial charge >= 0.3 is 12.0 Å². The van der Waals surface area contributed by atoms with Gasteiger partial charge in [-0.3, -0.25) is 9.69 Å². The summed E-state index contributed by atoms with van der Waals surface area (Å²) in [6.45, 7) is 7.61. The Morgan fingerprint density at radius 3 is 2.57 bits per heavy atom. The van der Waals surface area contributed by atoms with Crippen LogP contribution in [0.15, 0.2) is 0 Å². The number of likely N-dealkylation sites (N-methyl/N-ethyl adjacent to an activating group) is 1. The minimum atomic E-state index is -0.809. The van der Waals surface area contributed by atoms with E-state index in [1.165, 1.54) is 0 Å². The largest absolute Gasteiger partial charge is 0.480 e. The quantitative estimate of drug-likeness (QED) is 0.544. The third-order valence-corrected chi connectivity index (χ3v) is 3.55. The zero-order valence-corrected chi connectivity index (χ0v) is 13.1. The summed E-state index contributed by atoms with van der Waals surface area (Å²) in [5, 5.41) is 14.5. The fourth-order valence-corrected chi connectivity index (χ4v) is 2.37. The van der Waals surface area contributed by atoms with Crippen LogP contribution in [0.4, 0.5) is 4.79 Å². The molecule has 3 N–H and O–H groups in total. The van der Waals surface area contributed by atoms with Crippen molar-refractivity contribution in [3.63, 3.8) is 0 Å². The number of hydrogen-bond acceptors (Lipinski definition) is 4. The van der Waals surface area contributed by atoms with E-state index in [0.29, 0.717) is 19.7 Å². The van der Waals surface area contributed by atoms with E-state index in [1.54, 1.807) is 0 Å². The molecule has 0 bridgehead atoms. The Hall–Kier alpha value is -1.34. The maximum absolute atomic E-state index is 11.6.